The van der Waals surface area contributed by atoms with E-state index in [2.05, 4.69) is 15.0 Å². The lowest BCUT2D eigenvalue weighted by atomic mass is 10.3. The van der Waals surface area contributed by atoms with Crippen molar-refractivity contribution in [2.75, 3.05) is 17.1 Å². The molecular weight excluding hydrogens is 338 g/mol. The molecule has 25 heavy (non-hydrogen) atoms. The average molecular weight is 355 g/mol. The molecule has 0 fully saturated rings. The highest BCUT2D eigenvalue weighted by molar-refractivity contribution is 7.92. The average Bonchev–Trinajstić information content (AvgIpc) is 2.64. The Kier molecular flexibility index (Phi) is 4.85. The van der Waals surface area contributed by atoms with E-state index < -0.39 is 10.0 Å². The molecule has 0 atom stereocenters. The van der Waals surface area contributed by atoms with Gasteiger partial charge in [0.05, 0.1) is 23.9 Å². The first-order chi connectivity index (χ1) is 12.1. The van der Waals surface area contributed by atoms with Crippen molar-refractivity contribution in [3.63, 3.8) is 0 Å². The van der Waals surface area contributed by atoms with Crippen LogP contribution in [-0.4, -0.2) is 20.5 Å². The van der Waals surface area contributed by atoms with Crippen molar-refractivity contribution in [2.24, 2.45) is 0 Å². The summed E-state index contributed by atoms with van der Waals surface area (Å²) in [6, 6.07) is 19.0. The fourth-order valence-corrected chi connectivity index (χ4v) is 3.23. The quantitative estimate of drug-likeness (QED) is 0.706. The summed E-state index contributed by atoms with van der Waals surface area (Å²) in [6.07, 6.45) is 1.46. The van der Waals surface area contributed by atoms with Gasteiger partial charge >= 0.3 is 0 Å². The maximum atomic E-state index is 12.3. The van der Waals surface area contributed by atoms with Gasteiger partial charge in [0.25, 0.3) is 10.0 Å². The van der Waals surface area contributed by atoms with Crippen LogP contribution in [0.15, 0.2) is 77.8 Å². The minimum atomic E-state index is -3.62. The molecule has 0 bridgehead atoms. The topological polar surface area (TPSA) is 80.3 Å². The van der Waals surface area contributed by atoms with Crippen LogP contribution in [0.5, 0.6) is 5.75 Å². The Balaban J connectivity index is 1.69. The van der Waals surface area contributed by atoms with Crippen molar-refractivity contribution in [3.8, 4) is 5.75 Å². The third kappa shape index (κ3) is 4.27. The highest BCUT2D eigenvalue weighted by Crippen LogP contribution is 2.20. The lowest BCUT2D eigenvalue weighted by Gasteiger charge is -2.09. The van der Waals surface area contributed by atoms with E-state index in [1.54, 1.807) is 37.4 Å². The van der Waals surface area contributed by atoms with E-state index in [9.17, 15) is 8.42 Å². The molecule has 0 aliphatic heterocycles. The molecule has 2 N–H and O–H groups in total. The SMILES string of the molecule is COc1ccc(Nc2ccc(NS(=O)(=O)c3ccccc3)cn2)cc1. The zero-order valence-corrected chi connectivity index (χ0v) is 14.3. The first-order valence-corrected chi connectivity index (χ1v) is 9.00. The second kappa shape index (κ2) is 7.23. The number of nitrogens with one attached hydrogen (secondary N) is 2. The summed E-state index contributed by atoms with van der Waals surface area (Å²) >= 11 is 0. The number of methoxy groups -OCH3 is 1. The van der Waals surface area contributed by atoms with Gasteiger partial charge in [0.15, 0.2) is 0 Å². The third-order valence-electron chi connectivity index (χ3n) is 3.43. The highest BCUT2D eigenvalue weighted by Gasteiger charge is 2.13. The van der Waals surface area contributed by atoms with Gasteiger partial charge in [-0.25, -0.2) is 13.4 Å². The van der Waals surface area contributed by atoms with Crippen molar-refractivity contribution < 1.29 is 13.2 Å². The summed E-state index contributed by atoms with van der Waals surface area (Å²) in [6.45, 7) is 0. The van der Waals surface area contributed by atoms with Crippen LogP contribution in [0.2, 0.25) is 0 Å². The van der Waals surface area contributed by atoms with Crippen molar-refractivity contribution >= 4 is 27.2 Å². The van der Waals surface area contributed by atoms with E-state index in [-0.39, 0.29) is 4.90 Å². The van der Waals surface area contributed by atoms with Crippen LogP contribution in [0.3, 0.4) is 0 Å². The molecule has 7 heteroatoms. The predicted molar refractivity (Wildman–Crippen MR) is 97.8 cm³/mol. The third-order valence-corrected chi connectivity index (χ3v) is 4.83. The summed E-state index contributed by atoms with van der Waals surface area (Å²) in [7, 11) is -2.01. The first kappa shape index (κ1) is 16.8. The predicted octanol–water partition coefficient (Wildman–Crippen LogP) is 3.63. The number of benzene rings is 2. The van der Waals surface area contributed by atoms with Gasteiger partial charge in [-0.05, 0) is 48.5 Å². The number of nitrogens with zero attached hydrogens (tertiary/aromatic N) is 1. The fraction of sp³-hybridized carbons (Fsp3) is 0.0556. The Morgan fingerprint density at radius 3 is 2.16 bits per heavy atom. The summed E-state index contributed by atoms with van der Waals surface area (Å²) in [5.41, 5.74) is 1.25. The summed E-state index contributed by atoms with van der Waals surface area (Å²) in [5, 5.41) is 3.13. The number of hydrogen-bond donors (Lipinski definition) is 2. The number of sulfonamides is 1. The van der Waals surface area contributed by atoms with Gasteiger partial charge in [0.1, 0.15) is 11.6 Å². The van der Waals surface area contributed by atoms with Gasteiger partial charge in [0, 0.05) is 5.69 Å². The van der Waals surface area contributed by atoms with Crippen molar-refractivity contribution in [1.82, 2.24) is 4.98 Å². The molecule has 1 heterocycles. The van der Waals surface area contributed by atoms with Gasteiger partial charge in [-0.3, -0.25) is 4.72 Å². The molecule has 0 aliphatic carbocycles. The van der Waals surface area contributed by atoms with E-state index >= 15 is 0 Å². The Bertz CT molecular complexity index is 926. The largest absolute Gasteiger partial charge is 0.497 e. The molecule has 0 amide bonds. The summed E-state index contributed by atoms with van der Waals surface area (Å²) < 4.78 is 32.2. The van der Waals surface area contributed by atoms with E-state index in [0.29, 0.717) is 11.5 Å². The minimum absolute atomic E-state index is 0.204. The molecule has 0 saturated heterocycles. The van der Waals surface area contributed by atoms with Gasteiger partial charge in [-0.2, -0.15) is 0 Å². The van der Waals surface area contributed by atoms with Crippen LogP contribution in [-0.2, 0) is 10.0 Å². The number of hydrogen-bond acceptors (Lipinski definition) is 5. The first-order valence-electron chi connectivity index (χ1n) is 7.52. The lowest BCUT2D eigenvalue weighted by Crippen LogP contribution is -2.13. The molecule has 1 aromatic heterocycles. The number of rotatable bonds is 6. The monoisotopic (exact) mass is 355 g/mol. The Hall–Kier alpha value is -3.06. The molecule has 0 aliphatic rings. The zero-order chi connectivity index (χ0) is 17.7. The van der Waals surface area contributed by atoms with Gasteiger partial charge in [-0.15, -0.1) is 0 Å². The van der Waals surface area contributed by atoms with Crippen LogP contribution >= 0.6 is 0 Å². The number of pyridine rings is 1. The van der Waals surface area contributed by atoms with Gasteiger partial charge in [-0.1, -0.05) is 18.2 Å². The van der Waals surface area contributed by atoms with Crippen LogP contribution in [0.1, 0.15) is 0 Å². The van der Waals surface area contributed by atoms with Crippen LogP contribution < -0.4 is 14.8 Å². The van der Waals surface area contributed by atoms with Crippen LogP contribution in [0.25, 0.3) is 0 Å². The van der Waals surface area contributed by atoms with E-state index in [1.807, 2.05) is 24.3 Å². The maximum Gasteiger partial charge on any atom is 0.261 e. The van der Waals surface area contributed by atoms with Crippen molar-refractivity contribution in [2.45, 2.75) is 4.90 Å². The normalized spacial score (nSPS) is 10.9. The smallest absolute Gasteiger partial charge is 0.261 e. The minimum Gasteiger partial charge on any atom is -0.497 e. The second-order valence-electron chi connectivity index (χ2n) is 5.20. The Labute approximate surface area is 146 Å². The molecule has 6 nitrogen and oxygen atoms in total. The highest BCUT2D eigenvalue weighted by atomic mass is 32.2. The number of ether oxygens (including phenoxy) is 1. The Morgan fingerprint density at radius 2 is 1.56 bits per heavy atom. The van der Waals surface area contributed by atoms with Crippen molar-refractivity contribution in [1.29, 1.82) is 0 Å². The molecule has 128 valence electrons. The van der Waals surface area contributed by atoms with Crippen LogP contribution in [0.4, 0.5) is 17.2 Å². The molecule has 0 saturated carbocycles. The number of anilines is 3. The fourth-order valence-electron chi connectivity index (χ4n) is 2.16. The summed E-state index contributed by atoms with van der Waals surface area (Å²) in [5.74, 6) is 1.37. The van der Waals surface area contributed by atoms with E-state index in [4.69, 9.17) is 4.74 Å². The summed E-state index contributed by atoms with van der Waals surface area (Å²) in [4.78, 5) is 4.43. The van der Waals surface area contributed by atoms with Gasteiger partial charge < -0.3 is 10.1 Å². The van der Waals surface area contributed by atoms with Crippen LogP contribution in [0, 0.1) is 0 Å². The molecule has 3 aromatic rings. The molecular formula is C18H17N3O3S. The maximum absolute atomic E-state index is 12.3. The van der Waals surface area contributed by atoms with E-state index in [1.165, 1.54) is 18.3 Å². The Morgan fingerprint density at radius 1 is 0.880 bits per heavy atom. The molecule has 2 aromatic carbocycles. The number of aromatic nitrogens is 1. The van der Waals surface area contributed by atoms with E-state index in [0.717, 1.165) is 11.4 Å². The van der Waals surface area contributed by atoms with Gasteiger partial charge in [0.2, 0.25) is 0 Å². The standard InChI is InChI=1S/C18H17N3O3S/c1-24-16-10-7-14(8-11-16)20-18-12-9-15(13-19-18)21-25(22,23)17-5-3-2-4-6-17/h2-13,21H,1H3,(H,19,20). The zero-order valence-electron chi connectivity index (χ0n) is 13.5. The van der Waals surface area contributed by atoms with Crippen molar-refractivity contribution in [3.05, 3.63) is 72.9 Å². The molecule has 0 spiro atoms. The molecule has 0 unspecified atom stereocenters. The molecule has 0 radical (unpaired) electrons. The lowest BCUT2D eigenvalue weighted by molar-refractivity contribution is 0.415. The second-order valence-corrected chi connectivity index (χ2v) is 6.89. The molecule has 3 rings (SSSR count).